The van der Waals surface area contributed by atoms with Gasteiger partial charge in [-0.2, -0.15) is 10.2 Å². The molecular formula is C27H32N5O7P. The molecule has 0 amide bonds. The summed E-state index contributed by atoms with van der Waals surface area (Å²) in [6.07, 6.45) is -1.01. The van der Waals surface area contributed by atoms with Crippen LogP contribution in [0, 0.1) is 5.92 Å². The van der Waals surface area contributed by atoms with Gasteiger partial charge in [-0.1, -0.05) is 43.3 Å². The van der Waals surface area contributed by atoms with E-state index in [1.165, 1.54) is 13.3 Å². The van der Waals surface area contributed by atoms with Crippen LogP contribution in [0.4, 0.5) is 5.82 Å². The second-order valence-corrected chi connectivity index (χ2v) is 11.3. The Bertz CT molecular complexity index is 1560. The van der Waals surface area contributed by atoms with E-state index in [9.17, 15) is 14.5 Å². The smallest absolute Gasteiger partial charge is 0.459 e. The van der Waals surface area contributed by atoms with E-state index in [1.807, 2.05) is 43.3 Å². The Kier molecular flexibility index (Phi) is 8.07. The lowest BCUT2D eigenvalue weighted by molar-refractivity contribution is -0.144. The fourth-order valence-corrected chi connectivity index (χ4v) is 6.32. The van der Waals surface area contributed by atoms with Gasteiger partial charge in [-0.05, 0) is 37.4 Å². The van der Waals surface area contributed by atoms with Gasteiger partial charge in [-0.3, -0.25) is 9.32 Å². The van der Waals surface area contributed by atoms with Crippen molar-refractivity contribution in [3.05, 3.63) is 66.6 Å². The summed E-state index contributed by atoms with van der Waals surface area (Å²) < 4.78 is 38.7. The minimum atomic E-state index is -4.19. The number of aliphatic hydroxyl groups excluding tert-OH is 1. The van der Waals surface area contributed by atoms with Crippen LogP contribution in [0.25, 0.3) is 16.3 Å². The monoisotopic (exact) mass is 569 g/mol. The summed E-state index contributed by atoms with van der Waals surface area (Å²) in [5.41, 5.74) is 7.26. The van der Waals surface area contributed by atoms with Gasteiger partial charge in [-0.25, -0.2) is 14.1 Å². The van der Waals surface area contributed by atoms with Gasteiger partial charge in [0.1, 0.15) is 35.8 Å². The van der Waals surface area contributed by atoms with Crippen molar-refractivity contribution in [3.63, 3.8) is 0 Å². The van der Waals surface area contributed by atoms with E-state index >= 15 is 0 Å². The predicted molar refractivity (Wildman–Crippen MR) is 148 cm³/mol. The first-order valence-corrected chi connectivity index (χ1v) is 14.5. The molecule has 1 fully saturated rings. The van der Waals surface area contributed by atoms with Crippen LogP contribution in [0.3, 0.4) is 0 Å². The summed E-state index contributed by atoms with van der Waals surface area (Å²) in [6.45, 7) is 4.90. The maximum atomic E-state index is 14.1. The number of ether oxygens (including phenoxy) is 2. The van der Waals surface area contributed by atoms with Gasteiger partial charge in [0, 0.05) is 11.3 Å². The molecule has 0 spiro atoms. The molecule has 2 aromatic carbocycles. The number of aromatic nitrogens is 3. The molecule has 6 atom stereocenters. The topological polar surface area (TPSA) is 160 Å². The molecule has 0 saturated carbocycles. The van der Waals surface area contributed by atoms with Crippen LogP contribution < -0.4 is 15.3 Å². The van der Waals surface area contributed by atoms with E-state index in [0.717, 1.165) is 5.39 Å². The molecule has 13 heteroatoms. The Labute approximate surface area is 231 Å². The van der Waals surface area contributed by atoms with Crippen LogP contribution in [0.15, 0.2) is 60.9 Å². The number of nitrogen functional groups attached to an aromatic ring is 1. The van der Waals surface area contributed by atoms with E-state index in [-0.39, 0.29) is 19.1 Å². The third kappa shape index (κ3) is 5.54. The first-order chi connectivity index (χ1) is 19.2. The maximum Gasteiger partial charge on any atom is 0.459 e. The number of aliphatic hydroxyl groups is 1. The van der Waals surface area contributed by atoms with Gasteiger partial charge in [0.15, 0.2) is 5.82 Å². The summed E-state index contributed by atoms with van der Waals surface area (Å²) in [5.74, 6) is -0.338. The Morgan fingerprint density at radius 2 is 2.00 bits per heavy atom. The van der Waals surface area contributed by atoms with Gasteiger partial charge in [0.05, 0.1) is 25.0 Å². The van der Waals surface area contributed by atoms with E-state index in [4.69, 9.17) is 24.3 Å². The van der Waals surface area contributed by atoms with Gasteiger partial charge < -0.3 is 24.8 Å². The molecule has 0 aliphatic carbocycles. The minimum absolute atomic E-state index is 0.159. The van der Waals surface area contributed by atoms with E-state index in [2.05, 4.69) is 15.2 Å². The third-order valence-corrected chi connectivity index (χ3v) is 8.52. The van der Waals surface area contributed by atoms with Crippen molar-refractivity contribution < 1.29 is 33.0 Å². The highest BCUT2D eigenvalue weighted by molar-refractivity contribution is 7.52. The van der Waals surface area contributed by atoms with Crippen molar-refractivity contribution in [2.45, 2.75) is 45.1 Å². The van der Waals surface area contributed by atoms with Gasteiger partial charge in [-0.15, -0.1) is 0 Å². The normalized spacial score (nSPS) is 23.2. The lowest BCUT2D eigenvalue weighted by atomic mass is 9.97. The maximum absolute atomic E-state index is 14.1. The standard InChI is InChI=1S/C27H32N5O7P/c1-4-36-27(34)17(3)31-40(35,39-22-11-7-9-18-8-5-6-10-19(18)22)37-14-23-24(33)16(2)25(38-23)20-12-13-21-26(28)29-15-30-32(20)21/h5-13,15-17,23-25,33H,4,14H2,1-3H3,(H,31,35)(H2,28,29,30)/t16?,17-,23+,24-,25+,40?/m0/s1. The molecule has 4 aromatic rings. The zero-order valence-electron chi connectivity index (χ0n) is 22.3. The van der Waals surface area contributed by atoms with E-state index in [0.29, 0.717) is 28.2 Å². The van der Waals surface area contributed by atoms with Crippen molar-refractivity contribution >= 4 is 35.8 Å². The van der Waals surface area contributed by atoms with E-state index in [1.54, 1.807) is 29.6 Å². The van der Waals surface area contributed by atoms with Gasteiger partial charge >= 0.3 is 13.7 Å². The number of rotatable bonds is 10. The number of hydrogen-bond acceptors (Lipinski definition) is 10. The highest BCUT2D eigenvalue weighted by Gasteiger charge is 2.44. The lowest BCUT2D eigenvalue weighted by Gasteiger charge is -2.25. The van der Waals surface area contributed by atoms with Crippen molar-refractivity contribution in [2.24, 2.45) is 5.92 Å². The Morgan fingerprint density at radius 1 is 1.23 bits per heavy atom. The van der Waals surface area contributed by atoms with Crippen LogP contribution in [0.2, 0.25) is 0 Å². The highest BCUT2D eigenvalue weighted by Crippen LogP contribution is 2.48. The largest absolute Gasteiger partial charge is 0.465 e. The van der Waals surface area contributed by atoms with E-state index < -0.39 is 38.1 Å². The second kappa shape index (κ2) is 11.5. The third-order valence-electron chi connectivity index (χ3n) is 6.89. The van der Waals surface area contributed by atoms with Crippen LogP contribution in [0.1, 0.15) is 32.6 Å². The molecule has 3 heterocycles. The molecule has 2 aromatic heterocycles. The zero-order valence-corrected chi connectivity index (χ0v) is 23.2. The molecule has 1 saturated heterocycles. The SMILES string of the molecule is CCOC(=O)[C@H](C)NP(=O)(OC[C@H]1O[C@@H](c2ccc3c(N)ncnn23)C(C)[C@@H]1O)Oc1cccc2ccccc12. The molecule has 1 aliphatic rings. The average Bonchev–Trinajstić information content (AvgIpc) is 3.49. The first kappa shape index (κ1) is 28.0. The van der Waals surface area contributed by atoms with Gasteiger partial charge in [0.2, 0.25) is 0 Å². The molecule has 12 nitrogen and oxygen atoms in total. The summed E-state index contributed by atoms with van der Waals surface area (Å²) in [7, 11) is -4.19. The average molecular weight is 570 g/mol. The van der Waals surface area contributed by atoms with Crippen molar-refractivity contribution in [2.75, 3.05) is 18.9 Å². The minimum Gasteiger partial charge on any atom is -0.465 e. The highest BCUT2D eigenvalue weighted by atomic mass is 31.2. The predicted octanol–water partition coefficient (Wildman–Crippen LogP) is 3.65. The number of hydrogen-bond donors (Lipinski definition) is 3. The van der Waals surface area contributed by atoms with Gasteiger partial charge in [0.25, 0.3) is 0 Å². The zero-order chi connectivity index (χ0) is 28.4. The number of nitrogens with two attached hydrogens (primary N) is 1. The number of nitrogens with zero attached hydrogens (tertiary/aromatic N) is 3. The molecule has 40 heavy (non-hydrogen) atoms. The number of carbonyl (C=O) groups is 1. The molecule has 4 N–H and O–H groups in total. The summed E-state index contributed by atoms with van der Waals surface area (Å²) >= 11 is 0. The quantitative estimate of drug-likeness (QED) is 0.189. The molecule has 2 unspecified atom stereocenters. The molecule has 1 aliphatic heterocycles. The number of anilines is 1. The van der Waals surface area contributed by atoms with Crippen LogP contribution >= 0.6 is 7.75 Å². The van der Waals surface area contributed by atoms with Crippen LogP contribution in [-0.2, 0) is 23.4 Å². The number of esters is 1. The molecular weight excluding hydrogens is 537 g/mol. The Balaban J connectivity index is 1.38. The number of benzene rings is 2. The Morgan fingerprint density at radius 3 is 2.80 bits per heavy atom. The summed E-state index contributed by atoms with van der Waals surface area (Å²) in [4.78, 5) is 16.3. The lowest BCUT2D eigenvalue weighted by Crippen LogP contribution is -2.36. The number of fused-ring (bicyclic) bond motifs is 2. The van der Waals surface area contributed by atoms with Crippen molar-refractivity contribution in [1.82, 2.24) is 19.7 Å². The second-order valence-electron chi connectivity index (χ2n) is 9.61. The number of nitrogens with one attached hydrogen (secondary N) is 1. The molecule has 0 bridgehead atoms. The van der Waals surface area contributed by atoms with Crippen LogP contribution in [-0.4, -0.2) is 57.1 Å². The molecule has 5 rings (SSSR count). The number of carbonyl (C=O) groups excluding carboxylic acids is 1. The first-order valence-electron chi connectivity index (χ1n) is 13.0. The fraction of sp³-hybridized carbons (Fsp3) is 0.370. The Hall–Kier alpha value is -3.54. The van der Waals surface area contributed by atoms with Crippen LogP contribution in [0.5, 0.6) is 5.75 Å². The fourth-order valence-electron chi connectivity index (χ4n) is 4.80. The summed E-state index contributed by atoms with van der Waals surface area (Å²) in [6, 6.07) is 15.4. The summed E-state index contributed by atoms with van der Waals surface area (Å²) in [5, 5.41) is 19.6. The molecule has 212 valence electrons. The van der Waals surface area contributed by atoms with Crippen molar-refractivity contribution in [3.8, 4) is 5.75 Å². The van der Waals surface area contributed by atoms with Crippen molar-refractivity contribution in [1.29, 1.82) is 0 Å². The molecule has 0 radical (unpaired) electrons.